The van der Waals surface area contributed by atoms with Gasteiger partial charge in [0.15, 0.2) is 0 Å². The number of ether oxygens (including phenoxy) is 1. The highest BCUT2D eigenvalue weighted by atomic mass is 32.2. The fraction of sp³-hybridized carbons (Fsp3) is 0.278. The molecule has 0 spiro atoms. The zero-order valence-electron chi connectivity index (χ0n) is 13.9. The van der Waals surface area contributed by atoms with Gasteiger partial charge in [0.25, 0.3) is 0 Å². The highest BCUT2D eigenvalue weighted by molar-refractivity contribution is 7.88. The highest BCUT2D eigenvalue weighted by Crippen LogP contribution is 2.21. The van der Waals surface area contributed by atoms with Crippen molar-refractivity contribution in [2.45, 2.75) is 19.4 Å². The van der Waals surface area contributed by atoms with Crippen LogP contribution in [0.3, 0.4) is 0 Å². The summed E-state index contributed by atoms with van der Waals surface area (Å²) in [7, 11) is -2.27. The molecule has 6 heteroatoms. The van der Waals surface area contributed by atoms with Gasteiger partial charge in [0, 0.05) is 0 Å². The van der Waals surface area contributed by atoms with Crippen molar-refractivity contribution in [3.8, 4) is 11.1 Å². The average molecular weight is 347 g/mol. The van der Waals surface area contributed by atoms with Gasteiger partial charge in [-0.2, -0.15) is 0 Å². The minimum absolute atomic E-state index is 0.230. The van der Waals surface area contributed by atoms with Gasteiger partial charge in [-0.1, -0.05) is 54.1 Å². The van der Waals surface area contributed by atoms with Crippen molar-refractivity contribution in [2.75, 3.05) is 13.4 Å². The molecule has 2 aromatic rings. The Balaban J connectivity index is 2.18. The normalized spacial score (nSPS) is 12.6. The summed E-state index contributed by atoms with van der Waals surface area (Å²) >= 11 is 0. The van der Waals surface area contributed by atoms with Crippen molar-refractivity contribution in [1.82, 2.24) is 4.72 Å². The van der Waals surface area contributed by atoms with Crippen molar-refractivity contribution in [1.29, 1.82) is 0 Å². The van der Waals surface area contributed by atoms with Gasteiger partial charge in [0.1, 0.15) is 6.04 Å². The lowest BCUT2D eigenvalue weighted by Gasteiger charge is -2.15. The largest absolute Gasteiger partial charge is 0.468 e. The standard InChI is InChI=1S/C18H21NO4S/c1-13-5-4-6-16(11-13)15-9-7-14(8-10-15)12-17(18(20)23-2)19-24(3,21)22/h4-11,17,19H,12H2,1-3H3. The zero-order chi connectivity index (χ0) is 17.7. The maximum atomic E-state index is 11.8. The fourth-order valence-corrected chi connectivity index (χ4v) is 3.16. The lowest BCUT2D eigenvalue weighted by molar-refractivity contribution is -0.142. The molecule has 0 bridgehead atoms. The third-order valence-electron chi connectivity index (χ3n) is 3.59. The molecule has 0 radical (unpaired) electrons. The predicted octanol–water partition coefficient (Wildman–Crippen LogP) is 2.30. The number of methoxy groups -OCH3 is 1. The molecule has 0 saturated carbocycles. The summed E-state index contributed by atoms with van der Waals surface area (Å²) in [5.41, 5.74) is 4.20. The summed E-state index contributed by atoms with van der Waals surface area (Å²) in [5, 5.41) is 0. The highest BCUT2D eigenvalue weighted by Gasteiger charge is 2.23. The molecule has 0 aromatic heterocycles. The number of esters is 1. The second-order valence-corrected chi connectivity index (χ2v) is 7.52. The fourth-order valence-electron chi connectivity index (χ4n) is 2.47. The van der Waals surface area contributed by atoms with Gasteiger partial charge in [-0.25, -0.2) is 13.1 Å². The molecule has 1 atom stereocenters. The van der Waals surface area contributed by atoms with Crippen LogP contribution in [0.1, 0.15) is 11.1 Å². The Bertz CT molecular complexity index is 813. The molecule has 24 heavy (non-hydrogen) atoms. The van der Waals surface area contributed by atoms with E-state index in [-0.39, 0.29) is 6.42 Å². The van der Waals surface area contributed by atoms with Crippen LogP contribution in [0.5, 0.6) is 0 Å². The summed E-state index contributed by atoms with van der Waals surface area (Å²) in [4.78, 5) is 11.8. The summed E-state index contributed by atoms with van der Waals surface area (Å²) in [6.07, 6.45) is 1.25. The van der Waals surface area contributed by atoms with E-state index in [4.69, 9.17) is 0 Å². The monoisotopic (exact) mass is 347 g/mol. The summed E-state index contributed by atoms with van der Waals surface area (Å²) in [5.74, 6) is -0.608. The van der Waals surface area contributed by atoms with Gasteiger partial charge in [-0.05, 0) is 30.0 Å². The SMILES string of the molecule is COC(=O)C(Cc1ccc(-c2cccc(C)c2)cc1)NS(C)(=O)=O. The quantitative estimate of drug-likeness (QED) is 0.814. The van der Waals surface area contributed by atoms with Gasteiger partial charge in [0.2, 0.25) is 10.0 Å². The Kier molecular flexibility index (Phi) is 5.75. The number of nitrogens with one attached hydrogen (secondary N) is 1. The van der Waals surface area contributed by atoms with Crippen molar-refractivity contribution in [2.24, 2.45) is 0 Å². The van der Waals surface area contributed by atoms with E-state index < -0.39 is 22.0 Å². The summed E-state index contributed by atoms with van der Waals surface area (Å²) in [6, 6.07) is 14.9. The Hall–Kier alpha value is -2.18. The van der Waals surface area contributed by atoms with E-state index in [0.717, 1.165) is 22.9 Å². The molecule has 2 aromatic carbocycles. The first-order chi connectivity index (χ1) is 11.3. The van der Waals surface area contributed by atoms with E-state index in [1.807, 2.05) is 49.4 Å². The van der Waals surface area contributed by atoms with Crippen LogP contribution in [0.4, 0.5) is 0 Å². The second-order valence-electron chi connectivity index (χ2n) is 5.74. The molecule has 0 fully saturated rings. The van der Waals surface area contributed by atoms with Crippen molar-refractivity contribution < 1.29 is 17.9 Å². The lowest BCUT2D eigenvalue weighted by atomic mass is 10.00. The topological polar surface area (TPSA) is 72.5 Å². The number of hydrogen-bond donors (Lipinski definition) is 1. The molecule has 0 aliphatic heterocycles. The average Bonchev–Trinajstić information content (AvgIpc) is 2.53. The third-order valence-corrected chi connectivity index (χ3v) is 4.30. The van der Waals surface area contributed by atoms with Gasteiger partial charge >= 0.3 is 5.97 Å². The molecule has 128 valence electrons. The van der Waals surface area contributed by atoms with E-state index in [0.29, 0.717) is 0 Å². The minimum Gasteiger partial charge on any atom is -0.468 e. The van der Waals surface area contributed by atoms with Crippen LogP contribution in [0.25, 0.3) is 11.1 Å². The molecule has 0 aliphatic carbocycles. The molecular weight excluding hydrogens is 326 g/mol. The van der Waals surface area contributed by atoms with Crippen LogP contribution in [0.15, 0.2) is 48.5 Å². The number of benzene rings is 2. The maximum Gasteiger partial charge on any atom is 0.324 e. The van der Waals surface area contributed by atoms with Gasteiger partial charge in [-0.3, -0.25) is 4.79 Å². The zero-order valence-corrected chi connectivity index (χ0v) is 14.8. The summed E-state index contributed by atoms with van der Waals surface area (Å²) in [6.45, 7) is 2.04. The Labute approximate surface area is 142 Å². The second kappa shape index (κ2) is 7.59. The first kappa shape index (κ1) is 18.2. The van der Waals surface area contributed by atoms with Gasteiger partial charge in [0.05, 0.1) is 13.4 Å². The number of carbonyl (C=O) groups excluding carboxylic acids is 1. The molecule has 1 N–H and O–H groups in total. The first-order valence-electron chi connectivity index (χ1n) is 7.49. The van der Waals surface area contributed by atoms with Crippen LogP contribution >= 0.6 is 0 Å². The smallest absolute Gasteiger partial charge is 0.324 e. The van der Waals surface area contributed by atoms with Crippen molar-refractivity contribution in [3.63, 3.8) is 0 Å². The number of rotatable bonds is 6. The van der Waals surface area contributed by atoms with Crippen LogP contribution in [0, 0.1) is 6.92 Å². The van der Waals surface area contributed by atoms with Crippen LogP contribution in [0.2, 0.25) is 0 Å². The number of aryl methyl sites for hydroxylation is 1. The third kappa shape index (κ3) is 5.18. The van der Waals surface area contributed by atoms with E-state index in [9.17, 15) is 13.2 Å². The number of hydrogen-bond acceptors (Lipinski definition) is 4. The molecule has 1 unspecified atom stereocenters. The van der Waals surface area contributed by atoms with E-state index >= 15 is 0 Å². The summed E-state index contributed by atoms with van der Waals surface area (Å²) < 4.78 is 29.8. The lowest BCUT2D eigenvalue weighted by Crippen LogP contribution is -2.42. The van der Waals surface area contributed by atoms with E-state index in [1.165, 1.54) is 12.7 Å². The first-order valence-corrected chi connectivity index (χ1v) is 9.39. The molecule has 2 rings (SSSR count). The Morgan fingerprint density at radius 2 is 1.79 bits per heavy atom. The van der Waals surface area contributed by atoms with Gasteiger partial charge in [-0.15, -0.1) is 0 Å². The van der Waals surface area contributed by atoms with Crippen molar-refractivity contribution in [3.05, 3.63) is 59.7 Å². The van der Waals surface area contributed by atoms with E-state index in [1.54, 1.807) is 0 Å². The van der Waals surface area contributed by atoms with Crippen LogP contribution < -0.4 is 4.72 Å². The molecular formula is C18H21NO4S. The molecule has 5 nitrogen and oxygen atoms in total. The van der Waals surface area contributed by atoms with Crippen LogP contribution in [-0.2, 0) is 26.0 Å². The minimum atomic E-state index is -3.51. The van der Waals surface area contributed by atoms with E-state index in [2.05, 4.69) is 15.5 Å². The molecule has 0 saturated heterocycles. The predicted molar refractivity (Wildman–Crippen MR) is 94.1 cm³/mol. The Morgan fingerprint density at radius 1 is 1.12 bits per heavy atom. The number of sulfonamides is 1. The number of carbonyl (C=O) groups is 1. The molecule has 0 heterocycles. The van der Waals surface area contributed by atoms with Crippen molar-refractivity contribution >= 4 is 16.0 Å². The Morgan fingerprint density at radius 3 is 2.33 bits per heavy atom. The molecule has 0 amide bonds. The van der Waals surface area contributed by atoms with Crippen LogP contribution in [-0.4, -0.2) is 33.8 Å². The van der Waals surface area contributed by atoms with Gasteiger partial charge < -0.3 is 4.74 Å². The molecule has 0 aliphatic rings. The maximum absolute atomic E-state index is 11.8.